The van der Waals surface area contributed by atoms with Crippen LogP contribution in [0.2, 0.25) is 0 Å². The second kappa shape index (κ2) is 2.58. The Hall–Kier alpha value is -1.84. The van der Waals surface area contributed by atoms with Crippen molar-refractivity contribution in [2.45, 2.75) is 6.92 Å². The highest BCUT2D eigenvalue weighted by Crippen LogP contribution is 2.02. The van der Waals surface area contributed by atoms with E-state index in [9.17, 15) is 9.59 Å². The van der Waals surface area contributed by atoms with Crippen LogP contribution in [0.4, 0.5) is 0 Å². The van der Waals surface area contributed by atoms with Crippen molar-refractivity contribution in [1.82, 2.24) is 9.38 Å². The summed E-state index contributed by atoms with van der Waals surface area (Å²) < 4.78 is 1.71. The number of rotatable bonds is 1. The van der Waals surface area contributed by atoms with Crippen LogP contribution in [0.5, 0.6) is 0 Å². The summed E-state index contributed by atoms with van der Waals surface area (Å²) in [5.74, 6) is -0.0452. The van der Waals surface area contributed by atoms with Gasteiger partial charge in [0.2, 0.25) is 0 Å². The van der Waals surface area contributed by atoms with E-state index in [4.69, 9.17) is 0 Å². The fourth-order valence-corrected chi connectivity index (χ4v) is 1.19. The summed E-state index contributed by atoms with van der Waals surface area (Å²) in [7, 11) is 0. The molecule has 0 aliphatic heterocycles. The molecule has 1 N–H and O–H groups in total. The third-order valence-corrected chi connectivity index (χ3v) is 1.87. The Balaban J connectivity index is 2.75. The Bertz CT molecular complexity index is 522. The van der Waals surface area contributed by atoms with Gasteiger partial charge >= 0.3 is 0 Å². The SMILES string of the molecule is CC(=O)c1cn2ccc(=O)cc2[nH]1. The van der Waals surface area contributed by atoms with Crippen molar-refractivity contribution in [1.29, 1.82) is 0 Å². The van der Waals surface area contributed by atoms with E-state index in [0.717, 1.165) is 0 Å². The standard InChI is InChI=1S/C9H8N2O2/c1-6(12)8-5-11-3-2-7(13)4-9(11)10-8/h2-5,10H,1H3. The summed E-state index contributed by atoms with van der Waals surface area (Å²) in [4.78, 5) is 24.8. The van der Waals surface area contributed by atoms with E-state index in [-0.39, 0.29) is 11.2 Å². The Labute approximate surface area is 73.8 Å². The molecule has 2 aromatic heterocycles. The Kier molecular flexibility index (Phi) is 1.55. The fraction of sp³-hybridized carbons (Fsp3) is 0.111. The number of aromatic nitrogens is 2. The van der Waals surface area contributed by atoms with Crippen LogP contribution < -0.4 is 5.43 Å². The summed E-state index contributed by atoms with van der Waals surface area (Å²) in [6.07, 6.45) is 3.29. The maximum atomic E-state index is 11.0. The third-order valence-electron chi connectivity index (χ3n) is 1.87. The van der Waals surface area contributed by atoms with E-state index in [2.05, 4.69) is 4.98 Å². The molecule has 2 aromatic rings. The van der Waals surface area contributed by atoms with Crippen molar-refractivity contribution in [2.24, 2.45) is 0 Å². The average molecular weight is 176 g/mol. The van der Waals surface area contributed by atoms with Crippen LogP contribution in [-0.2, 0) is 0 Å². The first-order valence-electron chi connectivity index (χ1n) is 3.89. The lowest BCUT2D eigenvalue weighted by Crippen LogP contribution is -1.97. The predicted octanol–water partition coefficient (Wildman–Crippen LogP) is 0.830. The van der Waals surface area contributed by atoms with Crippen LogP contribution in [0.3, 0.4) is 0 Å². The van der Waals surface area contributed by atoms with E-state index < -0.39 is 0 Å². The predicted molar refractivity (Wildman–Crippen MR) is 48.0 cm³/mol. The first-order valence-corrected chi connectivity index (χ1v) is 3.89. The highest BCUT2D eigenvalue weighted by Gasteiger charge is 2.02. The number of carbonyl (C=O) groups is 1. The molecular weight excluding hydrogens is 168 g/mol. The molecule has 13 heavy (non-hydrogen) atoms. The highest BCUT2D eigenvalue weighted by atomic mass is 16.1. The number of aromatic amines is 1. The molecule has 66 valence electrons. The number of Topliss-reactive ketones (excluding diaryl/α,β-unsaturated/α-hetero) is 1. The van der Waals surface area contributed by atoms with Crippen molar-refractivity contribution < 1.29 is 4.79 Å². The number of carbonyl (C=O) groups excluding carboxylic acids is 1. The minimum absolute atomic E-state index is 0.0452. The van der Waals surface area contributed by atoms with E-state index in [1.165, 1.54) is 19.1 Å². The molecule has 2 rings (SSSR count). The molecule has 0 aliphatic rings. The van der Waals surface area contributed by atoms with E-state index >= 15 is 0 Å². The number of nitrogens with one attached hydrogen (secondary N) is 1. The fourth-order valence-electron chi connectivity index (χ4n) is 1.19. The van der Waals surface area contributed by atoms with Crippen molar-refractivity contribution >= 4 is 11.4 Å². The lowest BCUT2D eigenvalue weighted by molar-refractivity contribution is 0.101. The highest BCUT2D eigenvalue weighted by molar-refractivity contribution is 5.92. The van der Waals surface area contributed by atoms with Crippen molar-refractivity contribution in [3.63, 3.8) is 0 Å². The molecule has 0 fully saturated rings. The third kappa shape index (κ3) is 1.26. The number of H-pyrrole nitrogens is 1. The van der Waals surface area contributed by atoms with Gasteiger partial charge in [0.05, 0.1) is 5.69 Å². The molecule has 4 heteroatoms. The van der Waals surface area contributed by atoms with Crippen LogP contribution >= 0.6 is 0 Å². The molecule has 0 saturated heterocycles. The van der Waals surface area contributed by atoms with Gasteiger partial charge in [-0.15, -0.1) is 0 Å². The van der Waals surface area contributed by atoms with Gasteiger partial charge in [-0.2, -0.15) is 0 Å². The van der Waals surface area contributed by atoms with Crippen LogP contribution in [0.1, 0.15) is 17.4 Å². The Morgan fingerprint density at radius 2 is 2.31 bits per heavy atom. The van der Waals surface area contributed by atoms with E-state index in [1.54, 1.807) is 16.8 Å². The van der Waals surface area contributed by atoms with Gasteiger partial charge in [0.25, 0.3) is 0 Å². The van der Waals surface area contributed by atoms with Crippen LogP contribution in [0.25, 0.3) is 5.65 Å². The lowest BCUT2D eigenvalue weighted by Gasteiger charge is -1.87. The van der Waals surface area contributed by atoms with Gasteiger partial charge in [-0.3, -0.25) is 9.59 Å². The number of hydrogen-bond donors (Lipinski definition) is 1. The van der Waals surface area contributed by atoms with Gasteiger partial charge in [-0.05, 0) is 0 Å². The maximum Gasteiger partial charge on any atom is 0.183 e. The minimum atomic E-state index is -0.0723. The number of nitrogens with zero attached hydrogens (tertiary/aromatic N) is 1. The molecule has 0 spiro atoms. The largest absolute Gasteiger partial charge is 0.337 e. The van der Waals surface area contributed by atoms with Gasteiger partial charge in [0, 0.05) is 31.5 Å². The van der Waals surface area contributed by atoms with Crippen molar-refractivity contribution in [3.05, 3.63) is 40.4 Å². The van der Waals surface area contributed by atoms with Crippen molar-refractivity contribution in [3.8, 4) is 0 Å². The molecule has 0 aromatic carbocycles. The van der Waals surface area contributed by atoms with Crippen LogP contribution in [0, 0.1) is 0 Å². The normalized spacial score (nSPS) is 10.5. The van der Waals surface area contributed by atoms with Gasteiger partial charge in [-0.1, -0.05) is 0 Å². The monoisotopic (exact) mass is 176 g/mol. The molecule has 0 unspecified atom stereocenters. The Morgan fingerprint density at radius 3 is 3.00 bits per heavy atom. The first kappa shape index (κ1) is 7.79. The summed E-state index contributed by atoms with van der Waals surface area (Å²) in [5.41, 5.74) is 1.07. The van der Waals surface area contributed by atoms with E-state index in [1.807, 2.05) is 0 Å². The smallest absolute Gasteiger partial charge is 0.183 e. The summed E-state index contributed by atoms with van der Waals surface area (Å²) in [6.45, 7) is 1.48. The van der Waals surface area contributed by atoms with E-state index in [0.29, 0.717) is 11.3 Å². The number of fused-ring (bicyclic) bond motifs is 1. The summed E-state index contributed by atoms with van der Waals surface area (Å²) >= 11 is 0. The van der Waals surface area contributed by atoms with Crippen molar-refractivity contribution in [2.75, 3.05) is 0 Å². The number of pyridine rings is 1. The number of hydrogen-bond acceptors (Lipinski definition) is 2. The molecule has 4 nitrogen and oxygen atoms in total. The zero-order valence-electron chi connectivity index (χ0n) is 7.07. The molecule has 2 heterocycles. The first-order chi connectivity index (χ1) is 6.16. The molecule has 0 aliphatic carbocycles. The zero-order chi connectivity index (χ0) is 9.42. The van der Waals surface area contributed by atoms with Gasteiger partial charge < -0.3 is 9.38 Å². The van der Waals surface area contributed by atoms with Gasteiger partial charge in [-0.25, -0.2) is 0 Å². The lowest BCUT2D eigenvalue weighted by atomic mass is 10.3. The average Bonchev–Trinajstić information content (AvgIpc) is 2.46. The van der Waals surface area contributed by atoms with Crippen LogP contribution in [-0.4, -0.2) is 15.2 Å². The molecular formula is C9H8N2O2. The second-order valence-corrected chi connectivity index (χ2v) is 2.88. The molecule has 0 amide bonds. The molecule has 0 bridgehead atoms. The van der Waals surface area contributed by atoms with Gasteiger partial charge in [0.15, 0.2) is 11.2 Å². The minimum Gasteiger partial charge on any atom is -0.337 e. The Morgan fingerprint density at radius 1 is 1.54 bits per heavy atom. The molecule has 0 atom stereocenters. The number of ketones is 1. The maximum absolute atomic E-state index is 11.0. The topological polar surface area (TPSA) is 54.3 Å². The summed E-state index contributed by atoms with van der Waals surface area (Å²) in [6, 6.07) is 2.90. The van der Waals surface area contributed by atoms with Crippen LogP contribution in [0.15, 0.2) is 29.3 Å². The zero-order valence-corrected chi connectivity index (χ0v) is 7.07. The molecule has 0 saturated carbocycles. The number of imidazole rings is 1. The second-order valence-electron chi connectivity index (χ2n) is 2.88. The van der Waals surface area contributed by atoms with Gasteiger partial charge in [0.1, 0.15) is 5.65 Å². The molecule has 0 radical (unpaired) electrons. The quantitative estimate of drug-likeness (QED) is 0.654. The summed E-state index contributed by atoms with van der Waals surface area (Å²) in [5, 5.41) is 0.